The first kappa shape index (κ1) is 24.2. The Morgan fingerprint density at radius 1 is 1.06 bits per heavy atom. The average molecular weight is 458 g/mol. The van der Waals surface area contributed by atoms with Crippen molar-refractivity contribution in [2.45, 2.75) is 40.0 Å². The fourth-order valence-corrected chi connectivity index (χ4v) is 4.99. The van der Waals surface area contributed by atoms with Crippen molar-refractivity contribution in [2.75, 3.05) is 49.7 Å². The Morgan fingerprint density at radius 2 is 1.79 bits per heavy atom. The summed E-state index contributed by atoms with van der Waals surface area (Å²) in [5, 5.41) is 0. The van der Waals surface area contributed by atoms with Crippen molar-refractivity contribution in [3.05, 3.63) is 83.6 Å². The summed E-state index contributed by atoms with van der Waals surface area (Å²) < 4.78 is 5.62. The molecule has 0 unspecified atom stereocenters. The number of hydrogen-bond acceptors (Lipinski definition) is 4. The van der Waals surface area contributed by atoms with Crippen molar-refractivity contribution in [3.63, 3.8) is 0 Å². The molecule has 2 aromatic rings. The zero-order chi connectivity index (χ0) is 24.1. The number of aryl methyl sites for hydroxylation is 1. The molecule has 0 radical (unpaired) electrons. The monoisotopic (exact) mass is 457 g/mol. The highest BCUT2D eigenvalue weighted by atomic mass is 16.5. The van der Waals surface area contributed by atoms with Crippen LogP contribution in [0.2, 0.25) is 0 Å². The molecule has 4 rings (SSSR count). The van der Waals surface area contributed by atoms with Crippen molar-refractivity contribution < 1.29 is 4.74 Å². The average Bonchev–Trinajstić information content (AvgIpc) is 2.87. The predicted octanol–water partition coefficient (Wildman–Crippen LogP) is 6.55. The highest BCUT2D eigenvalue weighted by Gasteiger charge is 2.26. The zero-order valence-corrected chi connectivity index (χ0v) is 21.3. The van der Waals surface area contributed by atoms with Crippen LogP contribution in [-0.4, -0.2) is 44.8 Å². The van der Waals surface area contributed by atoms with Crippen molar-refractivity contribution in [2.24, 2.45) is 0 Å². The standard InChI is InChI=1S/C30H39N3O/c1-6-9-24-11-13-25(14-12-24)28(10-7-2)31(5)26-15-16-29-27(22-26)30(21-23(4)33(29)8-3)32-17-19-34-20-18-32/h10-16,21-22H,4,6-9,17-20H2,1-3,5H3. The van der Waals surface area contributed by atoms with Gasteiger partial charge in [0.1, 0.15) is 0 Å². The third kappa shape index (κ3) is 4.92. The number of ether oxygens (including phenoxy) is 1. The molecule has 0 bridgehead atoms. The van der Waals surface area contributed by atoms with Crippen LogP contribution < -0.4 is 9.80 Å². The molecule has 0 amide bonds. The van der Waals surface area contributed by atoms with E-state index < -0.39 is 0 Å². The van der Waals surface area contributed by atoms with E-state index in [2.05, 4.69) is 104 Å². The molecule has 2 aromatic carbocycles. The minimum atomic E-state index is 0.771. The van der Waals surface area contributed by atoms with Gasteiger partial charge in [0, 0.05) is 55.0 Å². The van der Waals surface area contributed by atoms with Crippen LogP contribution in [0.1, 0.15) is 50.3 Å². The van der Waals surface area contributed by atoms with Crippen molar-refractivity contribution in [3.8, 4) is 0 Å². The molecule has 0 N–H and O–H groups in total. The Labute approximate surface area is 205 Å². The van der Waals surface area contributed by atoms with E-state index in [4.69, 9.17) is 4.74 Å². The van der Waals surface area contributed by atoms with Gasteiger partial charge < -0.3 is 19.4 Å². The molecule has 0 spiro atoms. The maximum atomic E-state index is 5.62. The fourth-order valence-electron chi connectivity index (χ4n) is 4.99. The minimum Gasteiger partial charge on any atom is -0.378 e. The molecular weight excluding hydrogens is 418 g/mol. The number of morpholine rings is 1. The summed E-state index contributed by atoms with van der Waals surface area (Å²) in [5.41, 5.74) is 9.92. The second-order valence-electron chi connectivity index (χ2n) is 9.07. The molecule has 2 heterocycles. The summed E-state index contributed by atoms with van der Waals surface area (Å²) in [4.78, 5) is 7.08. The smallest absolute Gasteiger partial charge is 0.0642 e. The molecule has 0 aliphatic carbocycles. The maximum absolute atomic E-state index is 5.62. The molecule has 34 heavy (non-hydrogen) atoms. The van der Waals surface area contributed by atoms with Gasteiger partial charge in [-0.25, -0.2) is 0 Å². The van der Waals surface area contributed by atoms with Crippen LogP contribution in [0, 0.1) is 0 Å². The second kappa shape index (κ2) is 11.0. The van der Waals surface area contributed by atoms with Gasteiger partial charge in [0.05, 0.1) is 18.9 Å². The first-order valence-electron chi connectivity index (χ1n) is 12.8. The quantitative estimate of drug-likeness (QED) is 0.447. The molecule has 2 aliphatic rings. The van der Waals surface area contributed by atoms with Crippen LogP contribution in [0.25, 0.3) is 11.4 Å². The van der Waals surface area contributed by atoms with E-state index in [-0.39, 0.29) is 0 Å². The highest BCUT2D eigenvalue weighted by Crippen LogP contribution is 2.40. The summed E-state index contributed by atoms with van der Waals surface area (Å²) in [6.45, 7) is 15.2. The molecule has 180 valence electrons. The number of anilines is 2. The number of hydrogen-bond donors (Lipinski definition) is 0. The van der Waals surface area contributed by atoms with Crippen LogP contribution in [0.5, 0.6) is 0 Å². The molecule has 0 atom stereocenters. The minimum absolute atomic E-state index is 0.771. The number of likely N-dealkylation sites (N-methyl/N-ethyl adjacent to an activating group) is 1. The summed E-state index contributed by atoms with van der Waals surface area (Å²) in [6, 6.07) is 15.9. The van der Waals surface area contributed by atoms with Crippen molar-refractivity contribution in [1.29, 1.82) is 0 Å². The molecule has 1 saturated heterocycles. The van der Waals surface area contributed by atoms with E-state index in [0.717, 1.165) is 51.4 Å². The molecule has 4 nitrogen and oxygen atoms in total. The van der Waals surface area contributed by atoms with E-state index in [1.165, 1.54) is 45.9 Å². The van der Waals surface area contributed by atoms with Gasteiger partial charge in [0.25, 0.3) is 0 Å². The largest absolute Gasteiger partial charge is 0.378 e. The van der Waals surface area contributed by atoms with E-state index in [9.17, 15) is 0 Å². The Kier molecular flexibility index (Phi) is 7.79. The molecule has 1 fully saturated rings. The number of nitrogens with zero attached hydrogens (tertiary/aromatic N) is 3. The van der Waals surface area contributed by atoms with Crippen LogP contribution in [-0.2, 0) is 11.2 Å². The van der Waals surface area contributed by atoms with Crippen LogP contribution >= 0.6 is 0 Å². The summed E-state index contributed by atoms with van der Waals surface area (Å²) >= 11 is 0. The van der Waals surface area contributed by atoms with Gasteiger partial charge in [0.15, 0.2) is 0 Å². The molecule has 2 aliphatic heterocycles. The van der Waals surface area contributed by atoms with Crippen LogP contribution in [0.4, 0.5) is 11.4 Å². The van der Waals surface area contributed by atoms with Crippen LogP contribution in [0.3, 0.4) is 0 Å². The Bertz CT molecular complexity index is 1060. The number of rotatable bonds is 8. The summed E-state index contributed by atoms with van der Waals surface area (Å²) in [6.07, 6.45) is 7.86. The third-order valence-electron chi connectivity index (χ3n) is 6.80. The number of benzene rings is 2. The van der Waals surface area contributed by atoms with Crippen LogP contribution in [0.15, 0.2) is 66.9 Å². The van der Waals surface area contributed by atoms with Gasteiger partial charge in [0.2, 0.25) is 0 Å². The lowest BCUT2D eigenvalue weighted by Gasteiger charge is -2.38. The van der Waals surface area contributed by atoms with Gasteiger partial charge in [-0.2, -0.15) is 0 Å². The number of allylic oxidation sites excluding steroid dienone is 2. The van der Waals surface area contributed by atoms with Gasteiger partial charge >= 0.3 is 0 Å². The Balaban J connectivity index is 1.71. The Morgan fingerprint density at radius 3 is 2.44 bits per heavy atom. The maximum Gasteiger partial charge on any atom is 0.0642 e. The summed E-state index contributed by atoms with van der Waals surface area (Å²) in [7, 11) is 2.18. The normalized spacial score (nSPS) is 16.4. The zero-order valence-electron chi connectivity index (χ0n) is 21.3. The van der Waals surface area contributed by atoms with E-state index in [1.807, 2.05) is 0 Å². The van der Waals surface area contributed by atoms with E-state index >= 15 is 0 Å². The second-order valence-corrected chi connectivity index (χ2v) is 9.07. The van der Waals surface area contributed by atoms with Gasteiger partial charge in [-0.1, -0.05) is 57.2 Å². The first-order chi connectivity index (χ1) is 16.6. The number of fused-ring (bicyclic) bond motifs is 1. The lowest BCUT2D eigenvalue weighted by atomic mass is 9.99. The van der Waals surface area contributed by atoms with Crippen molar-refractivity contribution >= 4 is 22.8 Å². The van der Waals surface area contributed by atoms with Gasteiger partial charge in [-0.05, 0) is 55.2 Å². The predicted molar refractivity (Wildman–Crippen MR) is 146 cm³/mol. The molecule has 0 aromatic heterocycles. The topological polar surface area (TPSA) is 19.0 Å². The third-order valence-corrected chi connectivity index (χ3v) is 6.80. The fraction of sp³-hybridized carbons (Fsp3) is 0.400. The Hall–Kier alpha value is -2.98. The van der Waals surface area contributed by atoms with Gasteiger partial charge in [-0.3, -0.25) is 0 Å². The summed E-state index contributed by atoms with van der Waals surface area (Å²) in [5.74, 6) is 0. The highest BCUT2D eigenvalue weighted by molar-refractivity contribution is 5.88. The first-order valence-corrected chi connectivity index (χ1v) is 12.8. The van der Waals surface area contributed by atoms with Gasteiger partial charge in [-0.15, -0.1) is 0 Å². The lowest BCUT2D eigenvalue weighted by molar-refractivity contribution is 0.0639. The van der Waals surface area contributed by atoms with E-state index in [1.54, 1.807) is 0 Å². The van der Waals surface area contributed by atoms with Crippen molar-refractivity contribution in [1.82, 2.24) is 4.90 Å². The molecule has 4 heteroatoms. The molecular formula is C30H39N3O. The molecule has 0 saturated carbocycles. The SMILES string of the molecule is C=C1C=C(N2CCOCC2)c2cc(N(C)C(=CCC)c3ccc(CCC)cc3)ccc2N1CC. The lowest BCUT2D eigenvalue weighted by Crippen LogP contribution is -2.37. The van der Waals surface area contributed by atoms with E-state index in [0.29, 0.717) is 0 Å².